The van der Waals surface area contributed by atoms with Gasteiger partial charge in [0.25, 0.3) is 12.3 Å². The molecule has 19 heteroatoms. The smallest absolute Gasteiger partial charge is 0.329 e. The van der Waals surface area contributed by atoms with Gasteiger partial charge in [-0.25, -0.2) is 28.1 Å². The molecule has 61 heavy (non-hydrogen) atoms. The standard InChI is InChI=1S/C42H46F2N12O5/c43-38(44)37-33(47-41(58)32-20-46-55-17-11-34(48-40(32)55)54-23-31-19-29(54)25-61-31)24-56(50-37)28-7-5-26(6-8-28)22-51-14-9-30(10-15-51)60-18-2-4-27-3-1-13-52-36(21-45-39(27)52)53-16-12-35(57)49-42(53)59/h1,3,11,13,17,20-21,24,26,28-31,38H,5-10,12,14-16,18-19,22-23,25H2,(H,47,58)(H,49,57,59)/t26-,28-,29-,31-/m1/s1. The number of halogens is 2. The number of imidazole rings is 1. The molecule has 9 heterocycles. The van der Waals surface area contributed by atoms with Gasteiger partial charge in [-0.3, -0.25) is 28.9 Å². The summed E-state index contributed by atoms with van der Waals surface area (Å²) < 4.78 is 45.3. The summed E-state index contributed by atoms with van der Waals surface area (Å²) in [5.74, 6) is 7.25. The summed E-state index contributed by atoms with van der Waals surface area (Å²) in [7, 11) is 0. The second-order valence-electron chi connectivity index (χ2n) is 16.5. The third kappa shape index (κ3) is 7.90. The number of hydrogen-bond donors (Lipinski definition) is 2. The van der Waals surface area contributed by atoms with Crippen LogP contribution >= 0.6 is 0 Å². The van der Waals surface area contributed by atoms with Gasteiger partial charge in [-0.1, -0.05) is 11.8 Å². The summed E-state index contributed by atoms with van der Waals surface area (Å²) >= 11 is 0. The number of hydrogen-bond acceptors (Lipinski definition) is 11. The quantitative estimate of drug-likeness (QED) is 0.191. The fraction of sp³-hybridized carbons (Fsp3) is 0.500. The van der Waals surface area contributed by atoms with Crippen molar-refractivity contribution < 1.29 is 32.6 Å². The lowest BCUT2D eigenvalue weighted by atomic mass is 9.85. The Labute approximate surface area is 349 Å². The summed E-state index contributed by atoms with van der Waals surface area (Å²) in [4.78, 5) is 52.9. The van der Waals surface area contributed by atoms with E-state index in [1.165, 1.54) is 15.6 Å². The first-order chi connectivity index (χ1) is 29.7. The zero-order chi connectivity index (χ0) is 41.6. The highest BCUT2D eigenvalue weighted by molar-refractivity contribution is 6.08. The molecule has 10 rings (SSSR count). The Morgan fingerprint density at radius 3 is 2.66 bits per heavy atom. The van der Waals surface area contributed by atoms with E-state index in [0.29, 0.717) is 36.2 Å². The minimum Gasteiger partial charge on any atom is -0.374 e. The monoisotopic (exact) mass is 836 g/mol. The van der Waals surface area contributed by atoms with Crippen LogP contribution in [0, 0.1) is 17.8 Å². The van der Waals surface area contributed by atoms with E-state index in [0.717, 1.165) is 82.5 Å². The number of amides is 4. The zero-order valence-electron chi connectivity index (χ0n) is 33.5. The molecule has 4 aliphatic heterocycles. The van der Waals surface area contributed by atoms with Gasteiger partial charge in [-0.05, 0) is 69.1 Å². The summed E-state index contributed by atoms with van der Waals surface area (Å²) in [5.41, 5.74) is 1.45. The molecule has 1 saturated carbocycles. The molecule has 0 spiro atoms. The average Bonchev–Trinajstić information content (AvgIpc) is 4.12. The van der Waals surface area contributed by atoms with E-state index in [-0.39, 0.29) is 54.4 Å². The number of alkyl halides is 2. The van der Waals surface area contributed by atoms with Gasteiger partial charge in [0, 0.05) is 57.7 Å². The van der Waals surface area contributed by atoms with Crippen LogP contribution in [0.1, 0.15) is 85.4 Å². The number of morpholine rings is 1. The minimum absolute atomic E-state index is 0.00270. The maximum absolute atomic E-state index is 14.3. The Hall–Kier alpha value is -5.97. The van der Waals surface area contributed by atoms with Crippen LogP contribution in [0.25, 0.3) is 11.3 Å². The molecular formula is C42H46F2N12O5. The van der Waals surface area contributed by atoms with E-state index < -0.39 is 24.1 Å². The Kier molecular flexibility index (Phi) is 10.6. The van der Waals surface area contributed by atoms with Crippen molar-refractivity contribution in [2.75, 3.05) is 61.1 Å². The van der Waals surface area contributed by atoms with E-state index in [2.05, 4.69) is 47.5 Å². The Balaban J connectivity index is 0.690. The first-order valence-corrected chi connectivity index (χ1v) is 21.1. The van der Waals surface area contributed by atoms with Crippen molar-refractivity contribution in [1.82, 2.24) is 44.0 Å². The van der Waals surface area contributed by atoms with Crippen LogP contribution in [0.15, 0.2) is 49.2 Å². The minimum atomic E-state index is -2.86. The molecule has 2 bridgehead atoms. The van der Waals surface area contributed by atoms with Crippen LogP contribution in [-0.4, -0.2) is 121 Å². The van der Waals surface area contributed by atoms with Gasteiger partial charge >= 0.3 is 6.03 Å². The summed E-state index contributed by atoms with van der Waals surface area (Å²) in [6, 6.07) is 5.34. The van der Waals surface area contributed by atoms with Gasteiger partial charge in [0.15, 0.2) is 17.0 Å². The highest BCUT2D eigenvalue weighted by Gasteiger charge is 2.40. The lowest BCUT2D eigenvalue weighted by molar-refractivity contribution is -0.120. The lowest BCUT2D eigenvalue weighted by Crippen LogP contribution is -2.50. The molecule has 0 radical (unpaired) electrons. The number of nitrogens with zero attached hydrogens (tertiary/aromatic N) is 10. The number of likely N-dealkylation sites (tertiary alicyclic amines) is 1. The Morgan fingerprint density at radius 1 is 1.03 bits per heavy atom. The van der Waals surface area contributed by atoms with Crippen LogP contribution in [0.2, 0.25) is 0 Å². The number of imide groups is 1. The maximum Gasteiger partial charge on any atom is 0.329 e. The van der Waals surface area contributed by atoms with Crippen molar-refractivity contribution in [3.63, 3.8) is 0 Å². The molecule has 5 aromatic rings. The normalized spacial score (nSPS) is 23.6. The molecule has 5 fully saturated rings. The number of nitrogens with one attached hydrogen (secondary N) is 2. The number of carbonyl (C=O) groups is 3. The van der Waals surface area contributed by atoms with Crippen molar-refractivity contribution in [2.45, 2.75) is 82.1 Å². The van der Waals surface area contributed by atoms with Crippen LogP contribution in [0.4, 0.5) is 30.9 Å². The van der Waals surface area contributed by atoms with Crippen LogP contribution < -0.4 is 20.4 Å². The largest absolute Gasteiger partial charge is 0.374 e. The first-order valence-electron chi connectivity index (χ1n) is 21.1. The molecule has 4 amide bonds. The molecule has 0 aromatic carbocycles. The number of rotatable bonds is 10. The van der Waals surface area contributed by atoms with E-state index in [1.54, 1.807) is 27.7 Å². The van der Waals surface area contributed by atoms with Gasteiger partial charge in [0.2, 0.25) is 5.91 Å². The highest BCUT2D eigenvalue weighted by atomic mass is 19.3. The van der Waals surface area contributed by atoms with Gasteiger partial charge < -0.3 is 24.6 Å². The molecule has 318 valence electrons. The van der Waals surface area contributed by atoms with Crippen LogP contribution in [0.3, 0.4) is 0 Å². The number of carbonyl (C=O) groups excluding carboxylic acids is 3. The number of ether oxygens (including phenoxy) is 2. The predicted molar refractivity (Wildman–Crippen MR) is 218 cm³/mol. The van der Waals surface area contributed by atoms with Crippen molar-refractivity contribution in [2.24, 2.45) is 5.92 Å². The summed E-state index contributed by atoms with van der Waals surface area (Å²) in [6.07, 6.45) is 12.1. The lowest BCUT2D eigenvalue weighted by Gasteiger charge is -2.36. The predicted octanol–water partition coefficient (Wildman–Crippen LogP) is 4.45. The van der Waals surface area contributed by atoms with E-state index in [9.17, 15) is 23.2 Å². The fourth-order valence-corrected chi connectivity index (χ4v) is 9.48. The van der Waals surface area contributed by atoms with Crippen LogP contribution in [0.5, 0.6) is 0 Å². The van der Waals surface area contributed by atoms with Crippen molar-refractivity contribution in [3.8, 4) is 11.8 Å². The Morgan fingerprint density at radius 2 is 1.89 bits per heavy atom. The summed E-state index contributed by atoms with van der Waals surface area (Å²) in [6.45, 7) is 4.81. The van der Waals surface area contributed by atoms with Crippen molar-refractivity contribution >= 4 is 46.5 Å². The molecule has 0 unspecified atom stereocenters. The molecule has 17 nitrogen and oxygen atoms in total. The van der Waals surface area contributed by atoms with Crippen LogP contribution in [-0.2, 0) is 14.3 Å². The molecule has 1 aliphatic carbocycles. The first kappa shape index (κ1) is 39.2. The number of pyridine rings is 1. The van der Waals surface area contributed by atoms with E-state index in [4.69, 9.17) is 14.5 Å². The van der Waals surface area contributed by atoms with E-state index in [1.807, 2.05) is 24.4 Å². The summed E-state index contributed by atoms with van der Waals surface area (Å²) in [5, 5.41) is 13.6. The van der Waals surface area contributed by atoms with Crippen molar-refractivity contribution in [3.05, 3.63) is 66.0 Å². The number of fused-ring (bicyclic) bond motifs is 4. The Bertz CT molecular complexity index is 2530. The number of urea groups is 1. The number of piperidine rings is 1. The zero-order valence-corrected chi connectivity index (χ0v) is 33.5. The maximum atomic E-state index is 14.3. The highest BCUT2D eigenvalue weighted by Crippen LogP contribution is 2.36. The third-order valence-corrected chi connectivity index (χ3v) is 12.7. The molecule has 5 aliphatic rings. The van der Waals surface area contributed by atoms with Crippen molar-refractivity contribution in [1.29, 1.82) is 0 Å². The van der Waals surface area contributed by atoms with Gasteiger partial charge in [-0.2, -0.15) is 10.2 Å². The average molecular weight is 837 g/mol. The molecule has 5 aromatic heterocycles. The van der Waals surface area contributed by atoms with Gasteiger partial charge in [0.1, 0.15) is 23.8 Å². The van der Waals surface area contributed by atoms with Gasteiger partial charge in [0.05, 0.1) is 54.5 Å². The molecule has 2 N–H and O–H groups in total. The number of anilines is 3. The topological polar surface area (TPSA) is 169 Å². The third-order valence-electron chi connectivity index (χ3n) is 12.7. The molecular weight excluding hydrogens is 791 g/mol. The molecule has 4 saturated heterocycles. The second kappa shape index (κ2) is 16.5. The fourth-order valence-electron chi connectivity index (χ4n) is 9.48. The van der Waals surface area contributed by atoms with Gasteiger partial charge in [-0.15, -0.1) is 0 Å². The second-order valence-corrected chi connectivity index (χ2v) is 16.5. The molecule has 2 atom stereocenters. The van der Waals surface area contributed by atoms with E-state index >= 15 is 0 Å². The SMILES string of the molecule is O=C1CCN(c2cnc3c(C#CCOC4CCN(C[C@H]5CC[C@H](n6cc(NC(=O)c7cnn8ccc(N9C[C@H]%10C[C@@H]9CO%10)nc78)c(C(F)F)n6)CC5)CC4)cccn23)C(=O)N1. The number of aromatic nitrogens is 7.